The second-order valence-electron chi connectivity index (χ2n) is 6.31. The monoisotopic (exact) mass is 426 g/mol. The number of anilines is 2. The fourth-order valence-electron chi connectivity index (χ4n) is 2.56. The first-order valence-electron chi connectivity index (χ1n) is 9.33. The minimum atomic E-state index is -0.438. The molecule has 0 aliphatic heterocycles. The lowest BCUT2D eigenvalue weighted by atomic mass is 10.2. The van der Waals surface area contributed by atoms with Gasteiger partial charge in [-0.25, -0.2) is 0 Å². The molecule has 2 amide bonds. The Hall–Kier alpha value is -3.40. The minimum Gasteiger partial charge on any atom is -0.494 e. The third kappa shape index (κ3) is 5.57. The van der Waals surface area contributed by atoms with Gasteiger partial charge in [-0.2, -0.15) is 4.68 Å². The number of hydrogen-bond donors (Lipinski definition) is 2. The lowest BCUT2D eigenvalue weighted by molar-refractivity contribution is -0.115. The fraction of sp³-hybridized carbons (Fsp3) is 0.250. The summed E-state index contributed by atoms with van der Waals surface area (Å²) in [6.45, 7) is 5.74. The number of tetrazole rings is 1. The van der Waals surface area contributed by atoms with E-state index in [9.17, 15) is 9.59 Å². The van der Waals surface area contributed by atoms with Gasteiger partial charge in [-0.1, -0.05) is 11.8 Å². The molecule has 0 fully saturated rings. The van der Waals surface area contributed by atoms with Gasteiger partial charge in [-0.05, 0) is 72.8 Å². The lowest BCUT2D eigenvalue weighted by Crippen LogP contribution is -2.23. The summed E-state index contributed by atoms with van der Waals surface area (Å²) in [4.78, 5) is 23.7. The molecule has 156 valence electrons. The number of rotatable bonds is 8. The van der Waals surface area contributed by atoms with Gasteiger partial charge in [0.1, 0.15) is 5.75 Å². The molecule has 3 rings (SSSR count). The quantitative estimate of drug-likeness (QED) is 0.532. The van der Waals surface area contributed by atoms with Gasteiger partial charge in [0, 0.05) is 18.3 Å². The number of amides is 2. The van der Waals surface area contributed by atoms with E-state index < -0.39 is 5.25 Å². The molecule has 1 atom stereocenters. The highest BCUT2D eigenvalue weighted by Crippen LogP contribution is 2.25. The van der Waals surface area contributed by atoms with Gasteiger partial charge in [0.25, 0.3) is 0 Å². The average molecular weight is 427 g/mol. The molecule has 0 aliphatic carbocycles. The summed E-state index contributed by atoms with van der Waals surface area (Å²) >= 11 is 1.25. The van der Waals surface area contributed by atoms with E-state index in [2.05, 4.69) is 26.2 Å². The van der Waals surface area contributed by atoms with Crippen molar-refractivity contribution >= 4 is 35.0 Å². The third-order valence-corrected chi connectivity index (χ3v) is 4.99. The molecule has 2 N–H and O–H groups in total. The number of nitrogens with one attached hydrogen (secondary N) is 2. The fourth-order valence-corrected chi connectivity index (χ4v) is 3.37. The summed E-state index contributed by atoms with van der Waals surface area (Å²) in [5.74, 6) is 0.427. The summed E-state index contributed by atoms with van der Waals surface area (Å²) < 4.78 is 7.02. The minimum absolute atomic E-state index is 0.151. The van der Waals surface area contributed by atoms with Crippen LogP contribution in [0.4, 0.5) is 11.4 Å². The molecule has 0 radical (unpaired) electrons. The van der Waals surface area contributed by atoms with E-state index in [1.165, 1.54) is 18.7 Å². The van der Waals surface area contributed by atoms with Crippen molar-refractivity contribution in [3.63, 3.8) is 0 Å². The lowest BCUT2D eigenvalue weighted by Gasteiger charge is -2.12. The molecule has 9 nitrogen and oxygen atoms in total. The van der Waals surface area contributed by atoms with E-state index in [0.717, 1.165) is 11.4 Å². The first-order chi connectivity index (χ1) is 14.5. The summed E-state index contributed by atoms with van der Waals surface area (Å²) in [5, 5.41) is 17.4. The molecule has 0 spiro atoms. The second-order valence-corrected chi connectivity index (χ2v) is 7.62. The first kappa shape index (κ1) is 21.3. The molecule has 0 saturated heterocycles. The number of thioether (sulfide) groups is 1. The predicted molar refractivity (Wildman–Crippen MR) is 115 cm³/mol. The van der Waals surface area contributed by atoms with Crippen LogP contribution in [0, 0.1) is 0 Å². The van der Waals surface area contributed by atoms with Gasteiger partial charge < -0.3 is 15.4 Å². The van der Waals surface area contributed by atoms with Crippen molar-refractivity contribution in [3.05, 3.63) is 48.5 Å². The molecule has 0 bridgehead atoms. The highest BCUT2D eigenvalue weighted by Gasteiger charge is 2.19. The van der Waals surface area contributed by atoms with Gasteiger partial charge in [-0.15, -0.1) is 5.10 Å². The summed E-state index contributed by atoms with van der Waals surface area (Å²) in [7, 11) is 0. The van der Waals surface area contributed by atoms with Crippen molar-refractivity contribution < 1.29 is 14.3 Å². The molecule has 0 unspecified atom stereocenters. The molecule has 3 aromatic rings. The van der Waals surface area contributed by atoms with Crippen molar-refractivity contribution in [2.45, 2.75) is 31.2 Å². The number of hydrogen-bond acceptors (Lipinski definition) is 7. The normalized spacial score (nSPS) is 11.6. The van der Waals surface area contributed by atoms with E-state index >= 15 is 0 Å². The topological polar surface area (TPSA) is 111 Å². The Morgan fingerprint density at radius 1 is 1.07 bits per heavy atom. The molecule has 30 heavy (non-hydrogen) atoms. The molecule has 1 aromatic heterocycles. The zero-order valence-corrected chi connectivity index (χ0v) is 17.6. The van der Waals surface area contributed by atoms with Gasteiger partial charge in [0.05, 0.1) is 17.5 Å². The van der Waals surface area contributed by atoms with Crippen LogP contribution in [0.15, 0.2) is 53.7 Å². The number of carbonyl (C=O) groups is 2. The maximum Gasteiger partial charge on any atom is 0.237 e. The van der Waals surface area contributed by atoms with Gasteiger partial charge in [0.2, 0.25) is 17.0 Å². The number of benzene rings is 2. The highest BCUT2D eigenvalue weighted by atomic mass is 32.2. The Labute approximate surface area is 178 Å². The molecular formula is C20H22N6O3S. The van der Waals surface area contributed by atoms with Crippen LogP contribution in [0.5, 0.6) is 5.75 Å². The van der Waals surface area contributed by atoms with Crippen LogP contribution in [0.25, 0.3) is 5.69 Å². The number of aromatic nitrogens is 4. The molecule has 0 aliphatic rings. The third-order valence-electron chi connectivity index (χ3n) is 3.96. The Morgan fingerprint density at radius 2 is 1.70 bits per heavy atom. The van der Waals surface area contributed by atoms with Crippen LogP contribution in [0.1, 0.15) is 20.8 Å². The number of carbonyl (C=O) groups excluding carboxylic acids is 2. The Balaban J connectivity index is 1.63. The zero-order chi connectivity index (χ0) is 21.5. The van der Waals surface area contributed by atoms with Crippen LogP contribution >= 0.6 is 11.8 Å². The van der Waals surface area contributed by atoms with Gasteiger partial charge >= 0.3 is 0 Å². The highest BCUT2D eigenvalue weighted by molar-refractivity contribution is 8.00. The smallest absolute Gasteiger partial charge is 0.237 e. The molecule has 1 heterocycles. The maximum absolute atomic E-state index is 12.6. The van der Waals surface area contributed by atoms with Crippen molar-refractivity contribution in [2.24, 2.45) is 0 Å². The van der Waals surface area contributed by atoms with E-state index in [1.807, 2.05) is 31.2 Å². The Morgan fingerprint density at radius 3 is 2.30 bits per heavy atom. The van der Waals surface area contributed by atoms with Crippen LogP contribution in [-0.2, 0) is 9.59 Å². The second kappa shape index (κ2) is 9.88. The van der Waals surface area contributed by atoms with Crippen LogP contribution in [0.2, 0.25) is 0 Å². The summed E-state index contributed by atoms with van der Waals surface area (Å²) in [5.41, 5.74) is 2.07. The molecular weight excluding hydrogens is 404 g/mol. The Kier molecular flexibility index (Phi) is 7.02. The van der Waals surface area contributed by atoms with Crippen LogP contribution < -0.4 is 15.4 Å². The first-order valence-corrected chi connectivity index (χ1v) is 10.2. The van der Waals surface area contributed by atoms with Crippen molar-refractivity contribution in [1.82, 2.24) is 20.2 Å². The van der Waals surface area contributed by atoms with E-state index in [-0.39, 0.29) is 11.8 Å². The zero-order valence-electron chi connectivity index (χ0n) is 16.8. The van der Waals surface area contributed by atoms with Gasteiger partial charge in [-0.3, -0.25) is 9.59 Å². The van der Waals surface area contributed by atoms with Crippen LogP contribution in [-0.4, -0.2) is 43.9 Å². The predicted octanol–water partition coefficient (Wildman–Crippen LogP) is 3.14. The number of nitrogens with zero attached hydrogens (tertiary/aromatic N) is 4. The summed E-state index contributed by atoms with van der Waals surface area (Å²) in [6.07, 6.45) is 0. The Bertz CT molecular complexity index is 1000. The van der Waals surface area contributed by atoms with E-state index in [1.54, 1.807) is 35.9 Å². The standard InChI is InChI=1S/C20H22N6O3S/c1-4-29-18-11-9-17(10-12-18)26-20(23-24-25-26)30-13(2)19(28)22-16-7-5-15(6-8-16)21-14(3)27/h5-13H,4H2,1-3H3,(H,21,27)(H,22,28)/t13-/m0/s1. The molecule has 10 heteroatoms. The van der Waals surface area contributed by atoms with Crippen molar-refractivity contribution in [3.8, 4) is 11.4 Å². The van der Waals surface area contributed by atoms with E-state index in [4.69, 9.17) is 4.74 Å². The van der Waals surface area contributed by atoms with E-state index in [0.29, 0.717) is 23.1 Å². The number of ether oxygens (including phenoxy) is 1. The average Bonchev–Trinajstić information content (AvgIpc) is 3.18. The van der Waals surface area contributed by atoms with Crippen molar-refractivity contribution in [2.75, 3.05) is 17.2 Å². The summed E-state index contributed by atoms with van der Waals surface area (Å²) in [6, 6.07) is 14.3. The largest absolute Gasteiger partial charge is 0.494 e. The van der Waals surface area contributed by atoms with Crippen molar-refractivity contribution in [1.29, 1.82) is 0 Å². The SMILES string of the molecule is CCOc1ccc(-n2nnnc2S[C@@H](C)C(=O)Nc2ccc(NC(C)=O)cc2)cc1. The van der Waals surface area contributed by atoms with Crippen LogP contribution in [0.3, 0.4) is 0 Å². The maximum atomic E-state index is 12.6. The molecule has 2 aromatic carbocycles. The molecule has 0 saturated carbocycles. The van der Waals surface area contributed by atoms with Gasteiger partial charge in [0.15, 0.2) is 0 Å².